The molecule has 0 unspecified atom stereocenters. The summed E-state index contributed by atoms with van der Waals surface area (Å²) >= 11 is 0. The fraction of sp³-hybridized carbons (Fsp3) is 0.333. The lowest BCUT2D eigenvalue weighted by Gasteiger charge is -2.12. The van der Waals surface area contributed by atoms with Crippen molar-refractivity contribution in [3.8, 4) is 0 Å². The molecule has 18 heavy (non-hydrogen) atoms. The summed E-state index contributed by atoms with van der Waals surface area (Å²) in [5.74, 6) is 0.216. The summed E-state index contributed by atoms with van der Waals surface area (Å²) in [6.07, 6.45) is 5.44. The number of Topliss-reactive ketones (excluding diaryl/α,β-unsaturated/α-hetero) is 1. The van der Waals surface area contributed by atoms with Gasteiger partial charge in [0.15, 0.2) is 5.78 Å². The number of hydrogen-bond acceptors (Lipinski definition) is 2. The lowest BCUT2D eigenvalue weighted by atomic mass is 9.89. The summed E-state index contributed by atoms with van der Waals surface area (Å²) in [6, 6.07) is 10.1. The molecule has 1 aromatic heterocycles. The Labute approximate surface area is 106 Å². The first-order valence-electron chi connectivity index (χ1n) is 6.39. The summed E-state index contributed by atoms with van der Waals surface area (Å²) in [7, 11) is 0. The van der Waals surface area contributed by atoms with Crippen LogP contribution in [0.25, 0.3) is 0 Å². The maximum Gasteiger partial charge on any atom is 0.176 e. The lowest BCUT2D eigenvalue weighted by Crippen LogP contribution is -2.20. The molecule has 0 aliphatic heterocycles. The average molecular weight is 240 g/mol. The van der Waals surface area contributed by atoms with Crippen LogP contribution in [0.15, 0.2) is 42.7 Å². The maximum atomic E-state index is 12.6. The minimum absolute atomic E-state index is 0.216. The van der Waals surface area contributed by atoms with Crippen molar-refractivity contribution in [2.45, 2.75) is 31.7 Å². The Morgan fingerprint density at radius 3 is 2.61 bits per heavy atom. The molecule has 3 nitrogen and oxygen atoms in total. The van der Waals surface area contributed by atoms with Crippen molar-refractivity contribution in [1.29, 1.82) is 0 Å². The van der Waals surface area contributed by atoms with Gasteiger partial charge in [0.2, 0.25) is 0 Å². The topological polar surface area (TPSA) is 34.9 Å². The third-order valence-electron chi connectivity index (χ3n) is 3.73. The molecule has 1 aromatic carbocycles. The van der Waals surface area contributed by atoms with E-state index in [9.17, 15) is 4.79 Å². The highest BCUT2D eigenvalue weighted by Crippen LogP contribution is 2.50. The van der Waals surface area contributed by atoms with E-state index in [0.29, 0.717) is 0 Å². The van der Waals surface area contributed by atoms with E-state index >= 15 is 0 Å². The van der Waals surface area contributed by atoms with Crippen molar-refractivity contribution in [1.82, 2.24) is 9.78 Å². The summed E-state index contributed by atoms with van der Waals surface area (Å²) in [6.45, 7) is 2.82. The van der Waals surface area contributed by atoms with Crippen molar-refractivity contribution in [2.75, 3.05) is 0 Å². The van der Waals surface area contributed by atoms with Gasteiger partial charge in [-0.3, -0.25) is 9.48 Å². The Bertz CT molecular complexity index is 567. The van der Waals surface area contributed by atoms with E-state index in [4.69, 9.17) is 0 Å². The normalized spacial score (nSPS) is 16.5. The van der Waals surface area contributed by atoms with Gasteiger partial charge < -0.3 is 0 Å². The number of carbonyl (C=O) groups is 1. The summed E-state index contributed by atoms with van der Waals surface area (Å²) in [4.78, 5) is 12.6. The van der Waals surface area contributed by atoms with Gasteiger partial charge >= 0.3 is 0 Å². The molecule has 0 amide bonds. The average Bonchev–Trinajstić information content (AvgIpc) is 3.10. The quantitative estimate of drug-likeness (QED) is 0.770. The number of ketones is 1. The summed E-state index contributed by atoms with van der Waals surface area (Å²) in [5, 5.41) is 4.19. The van der Waals surface area contributed by atoms with Gasteiger partial charge in [-0.05, 0) is 25.3 Å². The molecule has 0 bridgehead atoms. The molecule has 1 heterocycles. The van der Waals surface area contributed by atoms with E-state index in [1.165, 1.54) is 0 Å². The largest absolute Gasteiger partial charge is 0.293 e. The summed E-state index contributed by atoms with van der Waals surface area (Å²) in [5.41, 5.74) is 1.60. The number of carbonyl (C=O) groups excluding carboxylic acids is 1. The third kappa shape index (κ3) is 1.67. The van der Waals surface area contributed by atoms with Crippen LogP contribution < -0.4 is 0 Å². The SMILES string of the molecule is CCn1cc(C(=O)C2(c3ccccc3)CC2)cn1. The molecule has 1 saturated carbocycles. The van der Waals surface area contributed by atoms with Crippen LogP contribution in [0.2, 0.25) is 0 Å². The number of nitrogens with zero attached hydrogens (tertiary/aromatic N) is 2. The van der Waals surface area contributed by atoms with Crippen LogP contribution in [0.4, 0.5) is 0 Å². The predicted molar refractivity (Wildman–Crippen MR) is 69.6 cm³/mol. The number of rotatable bonds is 4. The van der Waals surface area contributed by atoms with E-state index in [1.807, 2.05) is 31.3 Å². The molecule has 1 aliphatic carbocycles. The Morgan fingerprint density at radius 1 is 1.33 bits per heavy atom. The lowest BCUT2D eigenvalue weighted by molar-refractivity contribution is 0.0946. The Balaban J connectivity index is 1.93. The van der Waals surface area contributed by atoms with Gasteiger partial charge in [-0.15, -0.1) is 0 Å². The molecule has 0 spiro atoms. The molecular formula is C15H16N2O. The fourth-order valence-corrected chi connectivity index (χ4v) is 2.46. The van der Waals surface area contributed by atoms with Gasteiger partial charge in [0, 0.05) is 12.7 Å². The standard InChI is InChI=1S/C15H16N2O/c1-2-17-11-12(10-16-17)14(18)15(8-9-15)13-6-4-3-5-7-13/h3-7,10-11H,2,8-9H2,1H3. The van der Waals surface area contributed by atoms with Gasteiger partial charge in [-0.2, -0.15) is 5.10 Å². The number of hydrogen-bond donors (Lipinski definition) is 0. The monoisotopic (exact) mass is 240 g/mol. The van der Waals surface area contributed by atoms with E-state index in [2.05, 4.69) is 17.2 Å². The summed E-state index contributed by atoms with van der Waals surface area (Å²) < 4.78 is 1.80. The van der Waals surface area contributed by atoms with Gasteiger partial charge in [0.1, 0.15) is 0 Å². The minimum Gasteiger partial charge on any atom is -0.293 e. The van der Waals surface area contributed by atoms with E-state index in [1.54, 1.807) is 10.9 Å². The Hall–Kier alpha value is -1.90. The smallest absolute Gasteiger partial charge is 0.176 e. The molecule has 0 saturated heterocycles. The highest BCUT2D eigenvalue weighted by atomic mass is 16.1. The Morgan fingerprint density at radius 2 is 2.06 bits per heavy atom. The number of aromatic nitrogens is 2. The number of aryl methyl sites for hydroxylation is 1. The van der Waals surface area contributed by atoms with Crippen LogP contribution in [0.5, 0.6) is 0 Å². The van der Waals surface area contributed by atoms with Gasteiger partial charge in [0.25, 0.3) is 0 Å². The van der Waals surface area contributed by atoms with E-state index in [-0.39, 0.29) is 11.2 Å². The zero-order valence-electron chi connectivity index (χ0n) is 10.5. The highest BCUT2D eigenvalue weighted by Gasteiger charge is 2.51. The zero-order valence-corrected chi connectivity index (χ0v) is 10.5. The molecule has 1 aliphatic rings. The molecule has 0 N–H and O–H groups in total. The van der Waals surface area contributed by atoms with Gasteiger partial charge in [-0.25, -0.2) is 0 Å². The van der Waals surface area contributed by atoms with Crippen LogP contribution in [0.1, 0.15) is 35.7 Å². The Kier molecular flexibility index (Phi) is 2.54. The second kappa shape index (κ2) is 4.09. The van der Waals surface area contributed by atoms with Crippen molar-refractivity contribution < 1.29 is 4.79 Å². The van der Waals surface area contributed by atoms with Crippen LogP contribution >= 0.6 is 0 Å². The van der Waals surface area contributed by atoms with Crippen molar-refractivity contribution in [2.24, 2.45) is 0 Å². The first kappa shape index (κ1) is 11.2. The molecule has 0 radical (unpaired) electrons. The third-order valence-corrected chi connectivity index (χ3v) is 3.73. The maximum absolute atomic E-state index is 12.6. The molecule has 2 aromatic rings. The highest BCUT2D eigenvalue weighted by molar-refractivity contribution is 6.05. The van der Waals surface area contributed by atoms with Gasteiger partial charge in [-0.1, -0.05) is 30.3 Å². The molecule has 92 valence electrons. The first-order chi connectivity index (χ1) is 8.76. The van der Waals surface area contributed by atoms with E-state index in [0.717, 1.165) is 30.5 Å². The minimum atomic E-state index is -0.275. The van der Waals surface area contributed by atoms with Gasteiger partial charge in [0.05, 0.1) is 17.2 Å². The molecular weight excluding hydrogens is 224 g/mol. The van der Waals surface area contributed by atoms with E-state index < -0.39 is 0 Å². The van der Waals surface area contributed by atoms with Crippen molar-refractivity contribution in [3.05, 3.63) is 53.9 Å². The molecule has 1 fully saturated rings. The predicted octanol–water partition coefficient (Wildman–Crippen LogP) is 2.82. The second-order valence-electron chi connectivity index (χ2n) is 4.86. The number of benzene rings is 1. The van der Waals surface area contributed by atoms with Crippen LogP contribution in [-0.2, 0) is 12.0 Å². The van der Waals surface area contributed by atoms with Crippen LogP contribution in [0, 0.1) is 0 Å². The van der Waals surface area contributed by atoms with Crippen molar-refractivity contribution >= 4 is 5.78 Å². The second-order valence-corrected chi connectivity index (χ2v) is 4.86. The first-order valence-corrected chi connectivity index (χ1v) is 6.39. The fourth-order valence-electron chi connectivity index (χ4n) is 2.46. The van der Waals surface area contributed by atoms with Crippen LogP contribution in [0.3, 0.4) is 0 Å². The molecule has 3 rings (SSSR count). The molecule has 0 atom stereocenters. The van der Waals surface area contributed by atoms with Crippen molar-refractivity contribution in [3.63, 3.8) is 0 Å². The zero-order chi connectivity index (χ0) is 12.6. The molecule has 3 heteroatoms. The van der Waals surface area contributed by atoms with Crippen LogP contribution in [-0.4, -0.2) is 15.6 Å².